The fourth-order valence-corrected chi connectivity index (χ4v) is 9.75. The van der Waals surface area contributed by atoms with E-state index in [2.05, 4.69) is 0 Å². The van der Waals surface area contributed by atoms with Gasteiger partial charge in [-0.2, -0.15) is 0 Å². The molecule has 3 heterocycles. The first-order valence-electron chi connectivity index (χ1n) is 23.6. The van der Waals surface area contributed by atoms with Crippen LogP contribution in [0.15, 0.2) is 119 Å². The monoisotopic (exact) mass is 1180 g/mol. The molecule has 432 valence electrons. The first kappa shape index (κ1) is 59.9. The molecule has 0 radical (unpaired) electrons. The lowest BCUT2D eigenvalue weighted by Crippen LogP contribution is -2.13. The number of benzene rings is 6. The SMILES string of the molecule is CCOP(=O)(COc1c(-c2ccc(O)c(O)c2)oc2cc(O)cc(O)c2c1=O)OCC.CCOP(=O)(O)COc1c(-c2ccc(O)c(O)c2)oc2cc(O)cc(O)c2c1=O.O=c1c(O)c(-c2ccc(O)c(O)c2)oc2cc(O)cc(O)c12. The topological polar surface area (TPSA) is 454 Å². The van der Waals surface area contributed by atoms with Crippen molar-refractivity contribution < 1.29 is 117 Å². The van der Waals surface area contributed by atoms with Gasteiger partial charge < -0.3 is 108 Å². The molecule has 0 saturated heterocycles. The minimum Gasteiger partial charge on any atom is -0.508 e. The maximum atomic E-state index is 13.1. The molecule has 6 aromatic carbocycles. The van der Waals surface area contributed by atoms with Crippen molar-refractivity contribution in [1.82, 2.24) is 0 Å². The second kappa shape index (κ2) is 24.3. The van der Waals surface area contributed by atoms with Crippen molar-refractivity contribution in [2.45, 2.75) is 20.8 Å². The maximum Gasteiger partial charge on any atom is 0.367 e. The number of hydrogen-bond acceptors (Lipinski definition) is 26. The van der Waals surface area contributed by atoms with Crippen molar-refractivity contribution in [2.24, 2.45) is 0 Å². The first-order valence-corrected chi connectivity index (χ1v) is 27.1. The van der Waals surface area contributed by atoms with Gasteiger partial charge in [0.1, 0.15) is 67.4 Å². The minimum atomic E-state index is -4.18. The van der Waals surface area contributed by atoms with E-state index in [1.807, 2.05) is 0 Å². The van der Waals surface area contributed by atoms with Gasteiger partial charge in [0.25, 0.3) is 0 Å². The van der Waals surface area contributed by atoms with Crippen LogP contribution in [0.25, 0.3) is 66.9 Å². The van der Waals surface area contributed by atoms with Gasteiger partial charge in [-0.3, -0.25) is 23.5 Å². The zero-order valence-electron chi connectivity index (χ0n) is 42.7. The lowest BCUT2D eigenvalue weighted by molar-refractivity contribution is 0.196. The molecule has 0 aliphatic rings. The Morgan fingerprint density at radius 2 is 0.720 bits per heavy atom. The average molecular weight is 1180 g/mol. The van der Waals surface area contributed by atoms with Crippen LogP contribution in [0.3, 0.4) is 0 Å². The number of phenolic OH excluding ortho intramolecular Hbond substituents is 12. The van der Waals surface area contributed by atoms with Gasteiger partial charge in [-0.1, -0.05) is 0 Å². The van der Waals surface area contributed by atoms with Gasteiger partial charge in [-0.05, 0) is 75.4 Å². The Balaban J connectivity index is 0.000000180. The normalized spacial score (nSPS) is 12.0. The second-order valence-corrected chi connectivity index (χ2v) is 20.7. The lowest BCUT2D eigenvalue weighted by Gasteiger charge is -2.18. The Kier molecular flexibility index (Phi) is 17.8. The molecule has 1 unspecified atom stereocenters. The third kappa shape index (κ3) is 13.0. The van der Waals surface area contributed by atoms with Crippen molar-refractivity contribution in [1.29, 1.82) is 0 Å². The third-order valence-corrected chi connectivity index (χ3v) is 14.1. The van der Waals surface area contributed by atoms with Crippen molar-refractivity contribution in [3.63, 3.8) is 0 Å². The van der Waals surface area contributed by atoms with E-state index >= 15 is 0 Å². The summed E-state index contributed by atoms with van der Waals surface area (Å²) in [5.41, 5.74) is -2.73. The van der Waals surface area contributed by atoms with Gasteiger partial charge in [-0.25, -0.2) is 0 Å². The van der Waals surface area contributed by atoms with Crippen LogP contribution in [-0.2, 0) is 22.7 Å². The Labute approximate surface area is 458 Å². The molecule has 29 heteroatoms. The summed E-state index contributed by atoms with van der Waals surface area (Å²) in [6.45, 7) is 4.82. The molecule has 0 aliphatic carbocycles. The van der Waals surface area contributed by atoms with Crippen LogP contribution in [-0.4, -0.2) is 104 Å². The van der Waals surface area contributed by atoms with Gasteiger partial charge in [0, 0.05) is 53.1 Å². The molecule has 0 amide bonds. The van der Waals surface area contributed by atoms with Gasteiger partial charge in [0.15, 0.2) is 64.5 Å². The van der Waals surface area contributed by atoms with E-state index in [4.69, 9.17) is 36.3 Å². The summed E-state index contributed by atoms with van der Waals surface area (Å²) < 4.78 is 67.1. The van der Waals surface area contributed by atoms with Crippen molar-refractivity contribution in [3.8, 4) is 120 Å². The molecule has 3 aromatic heterocycles. The van der Waals surface area contributed by atoms with Gasteiger partial charge >= 0.3 is 15.2 Å². The highest BCUT2D eigenvalue weighted by Crippen LogP contribution is 2.49. The minimum absolute atomic E-state index is 0.0672. The highest BCUT2D eigenvalue weighted by molar-refractivity contribution is 7.53. The van der Waals surface area contributed by atoms with E-state index in [0.717, 1.165) is 66.7 Å². The Morgan fingerprint density at radius 1 is 0.390 bits per heavy atom. The number of rotatable bonds is 15. The number of phenols is 12. The van der Waals surface area contributed by atoms with E-state index in [1.54, 1.807) is 13.8 Å². The molecule has 0 aliphatic heterocycles. The summed E-state index contributed by atoms with van der Waals surface area (Å²) in [6.07, 6.45) is -1.51. The Bertz CT molecular complexity index is 4190. The third-order valence-electron chi connectivity index (χ3n) is 11.2. The quantitative estimate of drug-likeness (QED) is 0.0337. The molecule has 9 rings (SSSR count). The molecule has 1 atom stereocenters. The van der Waals surface area contributed by atoms with Crippen LogP contribution in [0, 0.1) is 0 Å². The van der Waals surface area contributed by atoms with Crippen LogP contribution in [0.4, 0.5) is 0 Å². The molecule has 0 bridgehead atoms. The highest BCUT2D eigenvalue weighted by Gasteiger charge is 2.30. The summed E-state index contributed by atoms with van der Waals surface area (Å²) in [7, 11) is -7.89. The second-order valence-electron chi connectivity index (χ2n) is 17.0. The fraction of sp³-hybridized carbons (Fsp3) is 0.151. The van der Waals surface area contributed by atoms with Crippen LogP contribution >= 0.6 is 15.2 Å². The molecule has 0 spiro atoms. The average Bonchev–Trinajstić information content (AvgIpc) is 3.58. The lowest BCUT2D eigenvalue weighted by atomic mass is 10.1. The van der Waals surface area contributed by atoms with Crippen LogP contribution in [0.5, 0.6) is 86.2 Å². The van der Waals surface area contributed by atoms with Gasteiger partial charge in [-0.15, -0.1) is 0 Å². The van der Waals surface area contributed by atoms with Gasteiger partial charge in [0.2, 0.25) is 33.5 Å². The molecular weight excluding hydrogens is 1130 g/mol. The zero-order chi connectivity index (χ0) is 60.1. The molecule has 14 N–H and O–H groups in total. The van der Waals surface area contributed by atoms with Crippen molar-refractivity contribution in [3.05, 3.63) is 122 Å². The van der Waals surface area contributed by atoms with Crippen molar-refractivity contribution >= 4 is 48.1 Å². The standard InChI is InChI=1S/C20H21O10P.C18H17O10P.C15H10O7/c1-3-28-31(26,29-4-2)10-27-20-18(25)17-15(24)8-12(21)9-16(17)30-19(20)11-5-6-13(22)14(23)7-11;1-2-27-29(24,25)8-26-18-16(23)15-13(22)6-10(19)7-14(15)28-17(18)9-3-4-11(20)12(21)5-9;16-7-4-10(19)12-11(5-7)22-15(14(21)13(12)20)6-1-2-8(17)9(18)3-6/h5-9,21-24H,3-4,10H2,1-2H3;3-7,19-22H,2,8H2,1H3,(H,24,25);1-5,16-19,21H. The summed E-state index contributed by atoms with van der Waals surface area (Å²) >= 11 is 0. The molecule has 0 saturated carbocycles. The molecular formula is C53H48O27P2. The van der Waals surface area contributed by atoms with E-state index < -0.39 is 107 Å². The van der Waals surface area contributed by atoms with E-state index in [0.29, 0.717) is 0 Å². The Morgan fingerprint density at radius 3 is 1.07 bits per heavy atom. The van der Waals surface area contributed by atoms with Crippen LogP contribution in [0.1, 0.15) is 20.8 Å². The van der Waals surface area contributed by atoms with E-state index in [1.165, 1.54) is 31.2 Å². The number of aromatic hydroxyl groups is 13. The summed E-state index contributed by atoms with van der Waals surface area (Å²) in [5, 5.41) is 125. The molecule has 82 heavy (non-hydrogen) atoms. The first-order chi connectivity index (χ1) is 38.7. The molecule has 27 nitrogen and oxygen atoms in total. The largest absolute Gasteiger partial charge is 0.508 e. The summed E-state index contributed by atoms with van der Waals surface area (Å²) in [5.74, 6) is -7.83. The molecule has 0 fully saturated rings. The number of fused-ring (bicyclic) bond motifs is 3. The number of ether oxygens (including phenoxy) is 2. The van der Waals surface area contributed by atoms with Gasteiger partial charge in [0.05, 0.1) is 19.8 Å². The van der Waals surface area contributed by atoms with Crippen LogP contribution in [0.2, 0.25) is 0 Å². The summed E-state index contributed by atoms with van der Waals surface area (Å²) in [4.78, 5) is 47.9. The Hall–Kier alpha value is -9.75. The van der Waals surface area contributed by atoms with E-state index in [9.17, 15) is 94.8 Å². The predicted octanol–water partition coefficient (Wildman–Crippen LogP) is 8.71. The maximum absolute atomic E-state index is 13.1. The highest BCUT2D eigenvalue weighted by atomic mass is 31.2. The molecule has 9 aromatic rings. The van der Waals surface area contributed by atoms with Crippen LogP contribution < -0.4 is 25.8 Å². The summed E-state index contributed by atoms with van der Waals surface area (Å²) in [6, 6.07) is 16.9. The fourth-order valence-electron chi connectivity index (χ4n) is 7.68. The smallest absolute Gasteiger partial charge is 0.367 e. The number of hydrogen-bond donors (Lipinski definition) is 14. The zero-order valence-corrected chi connectivity index (χ0v) is 44.4. The van der Waals surface area contributed by atoms with Crippen molar-refractivity contribution in [2.75, 3.05) is 32.5 Å². The predicted molar refractivity (Wildman–Crippen MR) is 289 cm³/mol. The van der Waals surface area contributed by atoms with E-state index in [-0.39, 0.29) is 110 Å².